The Labute approximate surface area is 136 Å². The van der Waals surface area contributed by atoms with Gasteiger partial charge in [-0.15, -0.1) is 0 Å². The normalized spacial score (nSPS) is 11.8. The van der Waals surface area contributed by atoms with Gasteiger partial charge in [0.05, 0.1) is 4.92 Å². The van der Waals surface area contributed by atoms with Crippen LogP contribution in [0.5, 0.6) is 0 Å². The summed E-state index contributed by atoms with van der Waals surface area (Å²) in [5.41, 5.74) is -0.442. The Bertz CT molecular complexity index is 611. The molecule has 22 heavy (non-hydrogen) atoms. The molecule has 0 aliphatic rings. The SMILES string of the molecule is CCCCN(CCCC)S(=O)(=O)c1cc(Cl)ccc1[N+](=O)[O-]. The van der Waals surface area contributed by atoms with Gasteiger partial charge in [-0.2, -0.15) is 4.31 Å². The van der Waals surface area contributed by atoms with E-state index in [4.69, 9.17) is 11.6 Å². The van der Waals surface area contributed by atoms with E-state index in [2.05, 4.69) is 0 Å². The van der Waals surface area contributed by atoms with Gasteiger partial charge < -0.3 is 0 Å². The average molecular weight is 349 g/mol. The number of nitrogens with zero attached hydrogens (tertiary/aromatic N) is 2. The molecule has 0 fully saturated rings. The Morgan fingerprint density at radius 1 is 1.18 bits per heavy atom. The highest BCUT2D eigenvalue weighted by Gasteiger charge is 2.31. The molecule has 0 N–H and O–H groups in total. The molecule has 0 aliphatic carbocycles. The zero-order valence-electron chi connectivity index (χ0n) is 12.8. The minimum absolute atomic E-state index is 0.162. The summed E-state index contributed by atoms with van der Waals surface area (Å²) in [5, 5.41) is 11.3. The lowest BCUT2D eigenvalue weighted by Crippen LogP contribution is -2.33. The van der Waals surface area contributed by atoms with Gasteiger partial charge in [-0.25, -0.2) is 8.42 Å². The van der Waals surface area contributed by atoms with Gasteiger partial charge >= 0.3 is 0 Å². The predicted molar refractivity (Wildman–Crippen MR) is 86.7 cm³/mol. The summed E-state index contributed by atoms with van der Waals surface area (Å²) >= 11 is 5.84. The second-order valence-electron chi connectivity index (χ2n) is 4.98. The second-order valence-corrected chi connectivity index (χ2v) is 7.32. The first-order valence-corrected chi connectivity index (χ1v) is 9.10. The van der Waals surface area contributed by atoms with Gasteiger partial charge in [-0.05, 0) is 25.0 Å². The van der Waals surface area contributed by atoms with Gasteiger partial charge in [0.1, 0.15) is 0 Å². The summed E-state index contributed by atoms with van der Waals surface area (Å²) < 4.78 is 26.9. The molecular weight excluding hydrogens is 328 g/mol. The van der Waals surface area contributed by atoms with Crippen molar-refractivity contribution in [1.82, 2.24) is 4.31 Å². The highest BCUT2D eigenvalue weighted by atomic mass is 35.5. The smallest absolute Gasteiger partial charge is 0.258 e. The average Bonchev–Trinajstić information content (AvgIpc) is 2.46. The maximum Gasteiger partial charge on any atom is 0.289 e. The fourth-order valence-corrected chi connectivity index (χ4v) is 3.94. The van der Waals surface area contributed by atoms with Crippen molar-refractivity contribution in [3.63, 3.8) is 0 Å². The van der Waals surface area contributed by atoms with Gasteiger partial charge in [-0.1, -0.05) is 38.3 Å². The van der Waals surface area contributed by atoms with E-state index < -0.39 is 20.6 Å². The highest BCUT2D eigenvalue weighted by Crippen LogP contribution is 2.29. The molecule has 124 valence electrons. The third kappa shape index (κ3) is 4.66. The van der Waals surface area contributed by atoms with Gasteiger partial charge in [0.15, 0.2) is 4.90 Å². The minimum atomic E-state index is -3.94. The van der Waals surface area contributed by atoms with Crippen LogP contribution in [0, 0.1) is 10.1 Å². The molecule has 0 saturated carbocycles. The summed E-state index contributed by atoms with van der Waals surface area (Å²) in [6, 6.07) is 3.61. The molecule has 0 aromatic heterocycles. The summed E-state index contributed by atoms with van der Waals surface area (Å²) in [6.45, 7) is 4.63. The van der Waals surface area contributed by atoms with Gasteiger partial charge in [0, 0.05) is 24.2 Å². The predicted octanol–water partition coefficient (Wildman–Crippen LogP) is 3.84. The van der Waals surface area contributed by atoms with E-state index >= 15 is 0 Å². The maximum absolute atomic E-state index is 12.8. The van der Waals surface area contributed by atoms with Crippen molar-refractivity contribution < 1.29 is 13.3 Å². The number of nitro benzene ring substituents is 1. The molecule has 0 saturated heterocycles. The van der Waals surface area contributed by atoms with E-state index in [1.165, 1.54) is 10.4 Å². The van der Waals surface area contributed by atoms with Crippen LogP contribution < -0.4 is 0 Å². The second kappa shape index (κ2) is 8.45. The molecule has 0 unspecified atom stereocenters. The number of benzene rings is 1. The van der Waals surface area contributed by atoms with Crippen molar-refractivity contribution in [3.8, 4) is 0 Å². The third-order valence-electron chi connectivity index (χ3n) is 3.26. The van der Waals surface area contributed by atoms with Crippen LogP contribution in [-0.2, 0) is 10.0 Å². The number of nitro groups is 1. The Balaban J connectivity index is 3.28. The van der Waals surface area contributed by atoms with Crippen LogP contribution in [0.1, 0.15) is 39.5 Å². The molecule has 0 heterocycles. The van der Waals surface area contributed by atoms with Crippen LogP contribution in [0.15, 0.2) is 23.1 Å². The van der Waals surface area contributed by atoms with Gasteiger partial charge in [0.25, 0.3) is 5.69 Å². The zero-order chi connectivity index (χ0) is 16.8. The lowest BCUT2D eigenvalue weighted by Gasteiger charge is -2.21. The molecule has 1 rings (SSSR count). The van der Waals surface area contributed by atoms with Crippen LogP contribution in [0.4, 0.5) is 5.69 Å². The molecule has 8 heteroatoms. The quantitative estimate of drug-likeness (QED) is 0.501. The summed E-state index contributed by atoms with van der Waals surface area (Å²) in [5.74, 6) is 0. The Kier molecular flexibility index (Phi) is 7.25. The van der Waals surface area contributed by atoms with Crippen molar-refractivity contribution in [3.05, 3.63) is 33.3 Å². The van der Waals surface area contributed by atoms with Crippen molar-refractivity contribution in [2.75, 3.05) is 13.1 Å². The van der Waals surface area contributed by atoms with Gasteiger partial charge in [-0.3, -0.25) is 10.1 Å². The molecular formula is C14H21ClN2O4S. The molecule has 1 aromatic rings. The first kappa shape index (κ1) is 18.9. The number of rotatable bonds is 9. The molecule has 0 amide bonds. The first-order valence-electron chi connectivity index (χ1n) is 7.28. The van der Waals surface area contributed by atoms with Crippen molar-refractivity contribution >= 4 is 27.3 Å². The number of halogens is 1. The van der Waals surface area contributed by atoms with Crippen molar-refractivity contribution in [1.29, 1.82) is 0 Å². The van der Waals surface area contributed by atoms with E-state index in [1.54, 1.807) is 0 Å². The van der Waals surface area contributed by atoms with Crippen LogP contribution >= 0.6 is 11.6 Å². The zero-order valence-corrected chi connectivity index (χ0v) is 14.4. The van der Waals surface area contributed by atoms with Crippen molar-refractivity contribution in [2.24, 2.45) is 0 Å². The standard InChI is InChI=1S/C14H21ClN2O4S/c1-3-5-9-16(10-6-4-2)22(20,21)14-11-12(15)7-8-13(14)17(18)19/h7-8,11H,3-6,9-10H2,1-2H3. The number of sulfonamides is 1. The fourth-order valence-electron chi connectivity index (χ4n) is 2.01. The Morgan fingerprint density at radius 2 is 1.73 bits per heavy atom. The minimum Gasteiger partial charge on any atom is -0.258 e. The molecule has 0 spiro atoms. The molecule has 0 atom stereocenters. The van der Waals surface area contributed by atoms with Gasteiger partial charge in [0.2, 0.25) is 10.0 Å². The monoisotopic (exact) mass is 348 g/mol. The summed E-state index contributed by atoms with van der Waals surface area (Å²) in [4.78, 5) is 10.1. The topological polar surface area (TPSA) is 80.5 Å². The molecule has 0 aliphatic heterocycles. The van der Waals surface area contributed by atoms with E-state index in [-0.39, 0.29) is 9.92 Å². The summed E-state index contributed by atoms with van der Waals surface area (Å²) in [6.07, 6.45) is 3.10. The van der Waals surface area contributed by atoms with E-state index in [0.29, 0.717) is 25.9 Å². The molecule has 0 bridgehead atoms. The highest BCUT2D eigenvalue weighted by molar-refractivity contribution is 7.89. The van der Waals surface area contributed by atoms with Crippen molar-refractivity contribution in [2.45, 2.75) is 44.4 Å². The number of hydrogen-bond acceptors (Lipinski definition) is 4. The van der Waals surface area contributed by atoms with E-state index in [0.717, 1.165) is 25.0 Å². The number of unbranched alkanes of at least 4 members (excludes halogenated alkanes) is 2. The fraction of sp³-hybridized carbons (Fsp3) is 0.571. The number of hydrogen-bond donors (Lipinski definition) is 0. The van der Waals surface area contributed by atoms with Crippen LogP contribution in [0.25, 0.3) is 0 Å². The van der Waals surface area contributed by atoms with Crippen LogP contribution in [0.2, 0.25) is 5.02 Å². The molecule has 6 nitrogen and oxygen atoms in total. The molecule has 1 aromatic carbocycles. The van der Waals surface area contributed by atoms with E-state index in [9.17, 15) is 18.5 Å². The van der Waals surface area contributed by atoms with Crippen LogP contribution in [-0.4, -0.2) is 30.7 Å². The Hall–Kier alpha value is -1.18. The lowest BCUT2D eigenvalue weighted by atomic mass is 10.3. The largest absolute Gasteiger partial charge is 0.289 e. The third-order valence-corrected chi connectivity index (χ3v) is 5.42. The first-order chi connectivity index (χ1) is 10.3. The lowest BCUT2D eigenvalue weighted by molar-refractivity contribution is -0.387. The molecule has 0 radical (unpaired) electrons. The maximum atomic E-state index is 12.8. The van der Waals surface area contributed by atoms with E-state index in [1.807, 2.05) is 13.8 Å². The summed E-state index contributed by atoms with van der Waals surface area (Å²) in [7, 11) is -3.94. The Morgan fingerprint density at radius 3 is 2.18 bits per heavy atom. The van der Waals surface area contributed by atoms with Crippen LogP contribution in [0.3, 0.4) is 0 Å².